The van der Waals surface area contributed by atoms with Crippen molar-refractivity contribution < 1.29 is 0 Å². The summed E-state index contributed by atoms with van der Waals surface area (Å²) in [4.78, 5) is 0. The highest BCUT2D eigenvalue weighted by Crippen LogP contribution is 2.30. The van der Waals surface area contributed by atoms with Crippen LogP contribution in [-0.4, -0.2) is 6.04 Å². The van der Waals surface area contributed by atoms with Gasteiger partial charge in [-0.25, -0.2) is 0 Å². The Morgan fingerprint density at radius 1 is 1.31 bits per heavy atom. The average Bonchev–Trinajstić information content (AvgIpc) is 2.32. The van der Waals surface area contributed by atoms with Crippen LogP contribution in [0.15, 0.2) is 47.0 Å². The van der Waals surface area contributed by atoms with Crippen molar-refractivity contribution >= 4 is 15.9 Å². The number of aryl methyl sites for hydroxylation is 1. The van der Waals surface area contributed by atoms with Gasteiger partial charge in [-0.2, -0.15) is 0 Å². The van der Waals surface area contributed by atoms with Crippen LogP contribution in [0, 0.1) is 0 Å². The second kappa shape index (κ2) is 4.98. The van der Waals surface area contributed by atoms with Gasteiger partial charge in [0.1, 0.15) is 0 Å². The fourth-order valence-electron chi connectivity index (χ4n) is 2.14. The van der Waals surface area contributed by atoms with Crippen molar-refractivity contribution in [2.75, 3.05) is 0 Å². The fourth-order valence-corrected chi connectivity index (χ4v) is 2.58. The van der Waals surface area contributed by atoms with E-state index in [4.69, 9.17) is 5.73 Å². The third-order valence-electron chi connectivity index (χ3n) is 3.03. The first-order valence-corrected chi connectivity index (χ1v) is 6.40. The SMILES string of the molecule is CCc1ccccc1C1C=C(Br)C=CC1N. The predicted octanol–water partition coefficient (Wildman–Crippen LogP) is 3.51. The lowest BCUT2D eigenvalue weighted by Crippen LogP contribution is -2.27. The van der Waals surface area contributed by atoms with Gasteiger partial charge in [-0.3, -0.25) is 0 Å². The standard InChI is InChI=1S/C14H16BrN/c1-2-10-5-3-4-6-12(10)13-9-11(15)7-8-14(13)16/h3-9,13-14H,2,16H2,1H3. The van der Waals surface area contributed by atoms with Gasteiger partial charge < -0.3 is 5.73 Å². The van der Waals surface area contributed by atoms with Gasteiger partial charge in [-0.15, -0.1) is 0 Å². The molecule has 1 aliphatic rings. The number of allylic oxidation sites excluding steroid dienone is 2. The molecule has 16 heavy (non-hydrogen) atoms. The van der Waals surface area contributed by atoms with Crippen LogP contribution in [-0.2, 0) is 6.42 Å². The molecule has 1 aromatic carbocycles. The molecule has 2 atom stereocenters. The van der Waals surface area contributed by atoms with E-state index in [-0.39, 0.29) is 12.0 Å². The molecule has 1 aliphatic carbocycles. The molecule has 0 radical (unpaired) electrons. The molecule has 2 heteroatoms. The van der Waals surface area contributed by atoms with Crippen LogP contribution < -0.4 is 5.73 Å². The monoisotopic (exact) mass is 277 g/mol. The van der Waals surface area contributed by atoms with Crippen molar-refractivity contribution in [1.82, 2.24) is 0 Å². The zero-order valence-electron chi connectivity index (χ0n) is 9.36. The summed E-state index contributed by atoms with van der Waals surface area (Å²) in [5, 5.41) is 0. The molecule has 0 spiro atoms. The molecular weight excluding hydrogens is 262 g/mol. The lowest BCUT2D eigenvalue weighted by molar-refractivity contribution is 0.705. The number of nitrogens with two attached hydrogens (primary N) is 1. The average molecular weight is 278 g/mol. The Hall–Kier alpha value is -0.860. The summed E-state index contributed by atoms with van der Waals surface area (Å²) >= 11 is 3.52. The fraction of sp³-hybridized carbons (Fsp3) is 0.286. The molecule has 1 aromatic rings. The van der Waals surface area contributed by atoms with Crippen LogP contribution in [0.3, 0.4) is 0 Å². The Morgan fingerprint density at radius 2 is 2.06 bits per heavy atom. The van der Waals surface area contributed by atoms with Crippen LogP contribution in [0.4, 0.5) is 0 Å². The maximum Gasteiger partial charge on any atom is 0.0332 e. The van der Waals surface area contributed by atoms with Crippen LogP contribution >= 0.6 is 15.9 Å². The summed E-state index contributed by atoms with van der Waals surface area (Å²) in [6, 6.07) is 8.61. The van der Waals surface area contributed by atoms with Gasteiger partial charge in [0.15, 0.2) is 0 Å². The summed E-state index contributed by atoms with van der Waals surface area (Å²) < 4.78 is 1.12. The van der Waals surface area contributed by atoms with Crippen LogP contribution in [0.1, 0.15) is 24.0 Å². The predicted molar refractivity (Wildman–Crippen MR) is 72.7 cm³/mol. The zero-order valence-corrected chi connectivity index (χ0v) is 10.9. The van der Waals surface area contributed by atoms with Crippen LogP contribution in [0.25, 0.3) is 0 Å². The molecule has 2 N–H and O–H groups in total. The quantitative estimate of drug-likeness (QED) is 0.880. The zero-order chi connectivity index (χ0) is 11.5. The number of hydrogen-bond acceptors (Lipinski definition) is 1. The number of rotatable bonds is 2. The minimum absolute atomic E-state index is 0.0778. The molecule has 0 amide bonds. The smallest absolute Gasteiger partial charge is 0.0332 e. The summed E-state index contributed by atoms with van der Waals surface area (Å²) in [6.07, 6.45) is 7.32. The lowest BCUT2D eigenvalue weighted by Gasteiger charge is -2.24. The van der Waals surface area contributed by atoms with E-state index < -0.39 is 0 Å². The van der Waals surface area contributed by atoms with Gasteiger partial charge in [-0.05, 0) is 17.5 Å². The maximum atomic E-state index is 6.14. The molecular formula is C14H16BrN. The van der Waals surface area contributed by atoms with Crippen LogP contribution in [0.2, 0.25) is 0 Å². The summed E-state index contributed by atoms with van der Waals surface area (Å²) in [7, 11) is 0. The number of benzene rings is 1. The normalized spacial score (nSPS) is 24.3. The van der Waals surface area contributed by atoms with E-state index in [0.29, 0.717) is 0 Å². The lowest BCUT2D eigenvalue weighted by atomic mass is 9.85. The molecule has 84 valence electrons. The van der Waals surface area contributed by atoms with Gasteiger partial charge in [-0.1, -0.05) is 65.3 Å². The molecule has 0 saturated heterocycles. The van der Waals surface area contributed by atoms with Crippen molar-refractivity contribution in [3.8, 4) is 0 Å². The highest BCUT2D eigenvalue weighted by atomic mass is 79.9. The Kier molecular flexibility index (Phi) is 3.62. The first-order chi connectivity index (χ1) is 7.72. The molecule has 2 rings (SSSR count). The minimum atomic E-state index is 0.0778. The van der Waals surface area contributed by atoms with Crippen molar-refractivity contribution in [1.29, 1.82) is 0 Å². The Labute approximate surface area is 105 Å². The van der Waals surface area contributed by atoms with Gasteiger partial charge >= 0.3 is 0 Å². The van der Waals surface area contributed by atoms with E-state index in [1.807, 2.05) is 6.08 Å². The van der Waals surface area contributed by atoms with E-state index in [2.05, 4.69) is 59.3 Å². The van der Waals surface area contributed by atoms with Crippen molar-refractivity contribution in [2.24, 2.45) is 5.73 Å². The minimum Gasteiger partial charge on any atom is -0.324 e. The first-order valence-electron chi connectivity index (χ1n) is 5.61. The van der Waals surface area contributed by atoms with Gasteiger partial charge in [0.25, 0.3) is 0 Å². The van der Waals surface area contributed by atoms with Gasteiger partial charge in [0.05, 0.1) is 0 Å². The van der Waals surface area contributed by atoms with Crippen molar-refractivity contribution in [2.45, 2.75) is 25.3 Å². The molecule has 2 unspecified atom stereocenters. The van der Waals surface area contributed by atoms with Gasteiger partial charge in [0.2, 0.25) is 0 Å². The molecule has 0 aliphatic heterocycles. The Morgan fingerprint density at radius 3 is 2.81 bits per heavy atom. The topological polar surface area (TPSA) is 26.0 Å². The highest BCUT2D eigenvalue weighted by molar-refractivity contribution is 9.11. The second-order valence-electron chi connectivity index (χ2n) is 4.07. The Bertz CT molecular complexity index is 434. The molecule has 0 saturated carbocycles. The third-order valence-corrected chi connectivity index (χ3v) is 3.55. The van der Waals surface area contributed by atoms with E-state index >= 15 is 0 Å². The molecule has 0 aromatic heterocycles. The summed E-state index contributed by atoms with van der Waals surface area (Å²) in [6.45, 7) is 2.18. The van der Waals surface area contributed by atoms with E-state index in [1.165, 1.54) is 11.1 Å². The third kappa shape index (κ3) is 2.28. The highest BCUT2D eigenvalue weighted by Gasteiger charge is 2.20. The van der Waals surface area contributed by atoms with Crippen molar-refractivity contribution in [3.63, 3.8) is 0 Å². The molecule has 0 fully saturated rings. The maximum absolute atomic E-state index is 6.14. The van der Waals surface area contributed by atoms with Crippen LogP contribution in [0.5, 0.6) is 0 Å². The summed E-state index contributed by atoms with van der Waals surface area (Å²) in [5.41, 5.74) is 8.87. The van der Waals surface area contributed by atoms with Crippen molar-refractivity contribution in [3.05, 3.63) is 58.1 Å². The number of hydrogen-bond donors (Lipinski definition) is 1. The summed E-state index contributed by atoms with van der Waals surface area (Å²) in [5.74, 6) is 0.288. The molecule has 0 heterocycles. The van der Waals surface area contributed by atoms with E-state index in [1.54, 1.807) is 0 Å². The largest absolute Gasteiger partial charge is 0.324 e. The van der Waals surface area contributed by atoms with Gasteiger partial charge in [0, 0.05) is 16.4 Å². The Balaban J connectivity index is 2.40. The molecule has 1 nitrogen and oxygen atoms in total. The van der Waals surface area contributed by atoms with E-state index in [9.17, 15) is 0 Å². The molecule has 0 bridgehead atoms. The van der Waals surface area contributed by atoms with E-state index in [0.717, 1.165) is 10.9 Å². The number of halogens is 1. The first kappa shape index (κ1) is 11.6. The second-order valence-corrected chi connectivity index (χ2v) is 4.98.